The molecule has 0 amide bonds. The standard InChI is InChI=1S/C19H12ClF4N5/c1-10-25-14-4-2-3-5-15(14)29(10)17-9-16(20)27-18(28-17)26-11-6-7-12(13(21)8-11)19(22,23)24/h2-9H,1H3,(H,26,27,28). The molecule has 29 heavy (non-hydrogen) atoms. The third kappa shape index (κ3) is 3.73. The number of nitrogens with zero attached hydrogens (tertiary/aromatic N) is 4. The third-order valence-electron chi connectivity index (χ3n) is 4.17. The Morgan fingerprint density at radius 2 is 1.76 bits per heavy atom. The molecule has 0 aliphatic carbocycles. The molecule has 2 aromatic carbocycles. The maximum Gasteiger partial charge on any atom is 0.419 e. The number of alkyl halides is 3. The second-order valence-electron chi connectivity index (χ2n) is 6.17. The highest BCUT2D eigenvalue weighted by Gasteiger charge is 2.33. The number of halogens is 5. The van der Waals surface area contributed by atoms with Gasteiger partial charge in [0.25, 0.3) is 0 Å². The minimum Gasteiger partial charge on any atom is -0.324 e. The monoisotopic (exact) mass is 421 g/mol. The smallest absolute Gasteiger partial charge is 0.324 e. The van der Waals surface area contributed by atoms with E-state index >= 15 is 0 Å². The maximum absolute atomic E-state index is 13.8. The van der Waals surface area contributed by atoms with Crippen LogP contribution in [-0.2, 0) is 6.18 Å². The van der Waals surface area contributed by atoms with Crippen LogP contribution < -0.4 is 5.32 Å². The van der Waals surface area contributed by atoms with Crippen LogP contribution in [0.25, 0.3) is 16.9 Å². The van der Waals surface area contributed by atoms with Gasteiger partial charge in [-0.25, -0.2) is 14.4 Å². The molecule has 2 heterocycles. The molecule has 10 heteroatoms. The quantitative estimate of drug-likeness (QED) is 0.341. The van der Waals surface area contributed by atoms with E-state index in [9.17, 15) is 17.6 Å². The van der Waals surface area contributed by atoms with Gasteiger partial charge in [-0.05, 0) is 37.3 Å². The zero-order valence-electron chi connectivity index (χ0n) is 14.8. The van der Waals surface area contributed by atoms with Crippen molar-refractivity contribution in [2.45, 2.75) is 13.1 Å². The zero-order valence-corrected chi connectivity index (χ0v) is 15.6. The fraction of sp³-hybridized carbons (Fsp3) is 0.105. The van der Waals surface area contributed by atoms with Crippen molar-refractivity contribution in [2.75, 3.05) is 5.32 Å². The van der Waals surface area contributed by atoms with Gasteiger partial charge in [0.15, 0.2) is 0 Å². The van der Waals surface area contributed by atoms with Crippen LogP contribution >= 0.6 is 11.6 Å². The summed E-state index contributed by atoms with van der Waals surface area (Å²) in [5, 5.41) is 2.79. The first kappa shape index (κ1) is 19.1. The second-order valence-corrected chi connectivity index (χ2v) is 6.56. The molecular weight excluding hydrogens is 410 g/mol. The van der Waals surface area contributed by atoms with Crippen LogP contribution in [0.1, 0.15) is 11.4 Å². The Morgan fingerprint density at radius 1 is 1.00 bits per heavy atom. The average molecular weight is 422 g/mol. The summed E-state index contributed by atoms with van der Waals surface area (Å²) in [6.45, 7) is 1.80. The number of fused-ring (bicyclic) bond motifs is 1. The van der Waals surface area contributed by atoms with Crippen molar-refractivity contribution in [1.29, 1.82) is 0 Å². The highest BCUT2D eigenvalue weighted by Crippen LogP contribution is 2.33. The van der Waals surface area contributed by atoms with Crippen molar-refractivity contribution < 1.29 is 17.6 Å². The number of hydrogen-bond acceptors (Lipinski definition) is 4. The number of rotatable bonds is 3. The molecule has 1 N–H and O–H groups in total. The Kier molecular flexibility index (Phi) is 4.62. The van der Waals surface area contributed by atoms with Crippen molar-refractivity contribution in [3.05, 3.63) is 70.9 Å². The molecule has 0 saturated heterocycles. The maximum atomic E-state index is 13.8. The van der Waals surface area contributed by atoms with Crippen LogP contribution in [0.15, 0.2) is 48.5 Å². The predicted molar refractivity (Wildman–Crippen MR) is 101 cm³/mol. The SMILES string of the molecule is Cc1nc2ccccc2n1-c1cc(Cl)nc(Nc2ccc(C(F)(F)F)c(F)c2)n1. The van der Waals surface area contributed by atoms with Gasteiger partial charge in [0, 0.05) is 11.8 Å². The largest absolute Gasteiger partial charge is 0.419 e. The molecule has 2 aromatic heterocycles. The van der Waals surface area contributed by atoms with Gasteiger partial charge in [-0.15, -0.1) is 0 Å². The number of benzene rings is 2. The molecule has 5 nitrogen and oxygen atoms in total. The molecule has 4 rings (SSSR count). The van der Waals surface area contributed by atoms with Crippen LogP contribution in [-0.4, -0.2) is 19.5 Å². The molecule has 0 radical (unpaired) electrons. The fourth-order valence-electron chi connectivity index (χ4n) is 2.96. The van der Waals surface area contributed by atoms with Crippen LogP contribution in [0.3, 0.4) is 0 Å². The molecule has 148 valence electrons. The second kappa shape index (κ2) is 7.00. The first-order chi connectivity index (χ1) is 13.7. The van der Waals surface area contributed by atoms with Crippen molar-refractivity contribution in [1.82, 2.24) is 19.5 Å². The highest BCUT2D eigenvalue weighted by atomic mass is 35.5. The van der Waals surface area contributed by atoms with Gasteiger partial charge in [0.1, 0.15) is 22.6 Å². The summed E-state index contributed by atoms with van der Waals surface area (Å²) in [7, 11) is 0. The molecule has 0 aliphatic heterocycles. The number of imidazole rings is 1. The lowest BCUT2D eigenvalue weighted by Gasteiger charge is -2.12. The lowest BCUT2D eigenvalue weighted by Crippen LogP contribution is -2.09. The van der Waals surface area contributed by atoms with E-state index in [4.69, 9.17) is 11.6 Å². The lowest BCUT2D eigenvalue weighted by molar-refractivity contribution is -0.139. The molecule has 0 saturated carbocycles. The number of nitrogens with one attached hydrogen (secondary N) is 1. The lowest BCUT2D eigenvalue weighted by atomic mass is 10.2. The Morgan fingerprint density at radius 3 is 2.48 bits per heavy atom. The van der Waals surface area contributed by atoms with E-state index in [2.05, 4.69) is 20.3 Å². The van der Waals surface area contributed by atoms with Crippen LogP contribution in [0.4, 0.5) is 29.2 Å². The summed E-state index contributed by atoms with van der Waals surface area (Å²) in [6.07, 6.45) is -4.78. The van der Waals surface area contributed by atoms with Gasteiger partial charge < -0.3 is 5.32 Å². The topological polar surface area (TPSA) is 55.6 Å². The van der Waals surface area contributed by atoms with E-state index in [-0.39, 0.29) is 16.8 Å². The first-order valence-corrected chi connectivity index (χ1v) is 8.73. The fourth-order valence-corrected chi connectivity index (χ4v) is 3.14. The highest BCUT2D eigenvalue weighted by molar-refractivity contribution is 6.29. The van der Waals surface area contributed by atoms with Gasteiger partial charge in [0.2, 0.25) is 5.95 Å². The van der Waals surface area contributed by atoms with Crippen molar-refractivity contribution in [3.8, 4) is 5.82 Å². The summed E-state index contributed by atoms with van der Waals surface area (Å²) in [6, 6.07) is 11.4. The molecule has 0 spiro atoms. The van der Waals surface area contributed by atoms with Gasteiger partial charge in [-0.2, -0.15) is 18.2 Å². The summed E-state index contributed by atoms with van der Waals surface area (Å²) < 4.78 is 53.8. The van der Waals surface area contributed by atoms with E-state index in [1.165, 1.54) is 6.07 Å². The number of aryl methyl sites for hydroxylation is 1. The van der Waals surface area contributed by atoms with Gasteiger partial charge in [-0.1, -0.05) is 23.7 Å². The number of para-hydroxylation sites is 2. The molecule has 4 aromatic rings. The zero-order chi connectivity index (χ0) is 20.8. The molecule has 0 fully saturated rings. The minimum absolute atomic E-state index is 0.00356. The van der Waals surface area contributed by atoms with E-state index in [0.717, 1.165) is 23.2 Å². The Labute approximate surface area is 167 Å². The van der Waals surface area contributed by atoms with Crippen molar-refractivity contribution >= 4 is 34.3 Å². The van der Waals surface area contributed by atoms with Crippen molar-refractivity contribution in [2.24, 2.45) is 0 Å². The number of aromatic nitrogens is 4. The summed E-state index contributed by atoms with van der Waals surface area (Å²) >= 11 is 6.11. The Bertz CT molecular complexity index is 1220. The molecule has 0 aliphatic rings. The normalized spacial score (nSPS) is 11.8. The molecular formula is C19H12ClF4N5. The third-order valence-corrected chi connectivity index (χ3v) is 4.36. The van der Waals surface area contributed by atoms with Crippen LogP contribution in [0.5, 0.6) is 0 Å². The summed E-state index contributed by atoms with van der Waals surface area (Å²) in [4.78, 5) is 12.8. The van der Waals surface area contributed by atoms with Gasteiger partial charge in [0.05, 0.1) is 16.6 Å². The summed E-state index contributed by atoms with van der Waals surface area (Å²) in [5.41, 5.74) is 0.262. The molecule has 0 bridgehead atoms. The van der Waals surface area contributed by atoms with Gasteiger partial charge in [-0.3, -0.25) is 4.57 Å². The number of hydrogen-bond donors (Lipinski definition) is 1. The summed E-state index contributed by atoms with van der Waals surface area (Å²) in [5.74, 6) is -0.330. The van der Waals surface area contributed by atoms with Crippen LogP contribution in [0, 0.1) is 12.7 Å². The molecule has 0 unspecified atom stereocenters. The minimum atomic E-state index is -4.78. The van der Waals surface area contributed by atoms with E-state index in [1.807, 2.05) is 24.3 Å². The van der Waals surface area contributed by atoms with E-state index in [1.54, 1.807) is 11.5 Å². The van der Waals surface area contributed by atoms with Crippen molar-refractivity contribution in [3.63, 3.8) is 0 Å². The van der Waals surface area contributed by atoms with E-state index in [0.29, 0.717) is 17.7 Å². The predicted octanol–water partition coefficient (Wildman–Crippen LogP) is 5.68. The van der Waals surface area contributed by atoms with E-state index < -0.39 is 17.6 Å². The number of anilines is 2. The Balaban J connectivity index is 1.73. The molecule has 0 atom stereocenters. The average Bonchev–Trinajstić information content (AvgIpc) is 2.95. The van der Waals surface area contributed by atoms with Gasteiger partial charge >= 0.3 is 6.18 Å². The van der Waals surface area contributed by atoms with Crippen LogP contribution in [0.2, 0.25) is 5.15 Å². The first-order valence-electron chi connectivity index (χ1n) is 8.35. The Hall–Kier alpha value is -3.20.